The fourth-order valence-electron chi connectivity index (χ4n) is 4.17. The van der Waals surface area contributed by atoms with Crippen LogP contribution in [0.4, 0.5) is 0 Å². The maximum Gasteiger partial charge on any atom is 0.243 e. The van der Waals surface area contributed by atoms with Crippen LogP contribution in [-0.4, -0.2) is 44.6 Å². The molecule has 0 radical (unpaired) electrons. The van der Waals surface area contributed by atoms with Crippen molar-refractivity contribution in [1.82, 2.24) is 8.61 Å². The summed E-state index contributed by atoms with van der Waals surface area (Å²) in [6.45, 7) is 3.19. The monoisotopic (exact) mass is 434 g/mol. The number of hydrogen-bond acceptors (Lipinski definition) is 4. The predicted octanol–water partition coefficient (Wildman–Crippen LogP) is 3.00. The standard InChI is InChI=1S/C21H26N2O4S2/c1-17-6-4-5-14-23(17)29(26,27)21-11-9-20(10-12-21)28(24,25)22-15-13-18-7-2-3-8-19(18)16-22/h2-3,7-12,17H,4-6,13-16H2,1H3. The molecule has 0 spiro atoms. The van der Waals surface area contributed by atoms with Crippen LogP contribution in [0.3, 0.4) is 0 Å². The number of benzene rings is 2. The summed E-state index contributed by atoms with van der Waals surface area (Å²) >= 11 is 0. The van der Waals surface area contributed by atoms with Crippen molar-refractivity contribution < 1.29 is 16.8 Å². The number of piperidine rings is 1. The van der Waals surface area contributed by atoms with Gasteiger partial charge in [0.05, 0.1) is 9.79 Å². The SMILES string of the molecule is CC1CCCCN1S(=O)(=O)c1ccc(S(=O)(=O)N2CCc3ccccc3C2)cc1. The minimum Gasteiger partial charge on any atom is -0.207 e. The third-order valence-electron chi connectivity index (χ3n) is 5.91. The molecule has 1 unspecified atom stereocenters. The Bertz CT molecular complexity index is 1100. The molecule has 6 nitrogen and oxygen atoms in total. The van der Waals surface area contributed by atoms with E-state index in [0.29, 0.717) is 26.1 Å². The highest BCUT2D eigenvalue weighted by Gasteiger charge is 2.32. The largest absolute Gasteiger partial charge is 0.243 e. The quantitative estimate of drug-likeness (QED) is 0.741. The van der Waals surface area contributed by atoms with E-state index in [1.807, 2.05) is 31.2 Å². The first-order chi connectivity index (χ1) is 13.8. The Kier molecular flexibility index (Phi) is 5.54. The summed E-state index contributed by atoms with van der Waals surface area (Å²) in [6, 6.07) is 13.5. The second-order valence-corrected chi connectivity index (χ2v) is 11.6. The van der Waals surface area contributed by atoms with E-state index in [1.165, 1.54) is 38.4 Å². The molecule has 2 aromatic rings. The molecule has 4 rings (SSSR count). The van der Waals surface area contributed by atoms with Gasteiger partial charge in [-0.05, 0) is 61.6 Å². The van der Waals surface area contributed by atoms with Gasteiger partial charge in [-0.15, -0.1) is 0 Å². The number of fused-ring (bicyclic) bond motifs is 1. The van der Waals surface area contributed by atoms with E-state index in [0.717, 1.165) is 24.8 Å². The van der Waals surface area contributed by atoms with Crippen LogP contribution in [0.1, 0.15) is 37.3 Å². The first-order valence-corrected chi connectivity index (χ1v) is 12.9. The van der Waals surface area contributed by atoms with Crippen molar-refractivity contribution in [3.05, 3.63) is 59.7 Å². The fraction of sp³-hybridized carbons (Fsp3) is 0.429. The van der Waals surface area contributed by atoms with Crippen molar-refractivity contribution in [1.29, 1.82) is 0 Å². The van der Waals surface area contributed by atoms with Crippen LogP contribution in [0.5, 0.6) is 0 Å². The molecule has 2 aromatic carbocycles. The molecule has 2 aliphatic heterocycles. The zero-order chi connectivity index (χ0) is 20.6. The second kappa shape index (κ2) is 7.83. The van der Waals surface area contributed by atoms with E-state index in [-0.39, 0.29) is 15.8 Å². The summed E-state index contributed by atoms with van der Waals surface area (Å²) in [4.78, 5) is 0.275. The highest BCUT2D eigenvalue weighted by Crippen LogP contribution is 2.28. The molecule has 2 aliphatic rings. The minimum atomic E-state index is -3.68. The van der Waals surface area contributed by atoms with Gasteiger partial charge in [0.1, 0.15) is 0 Å². The lowest BCUT2D eigenvalue weighted by molar-refractivity contribution is 0.268. The summed E-state index contributed by atoms with van der Waals surface area (Å²) in [6.07, 6.45) is 3.41. The van der Waals surface area contributed by atoms with Crippen LogP contribution in [0.2, 0.25) is 0 Å². The lowest BCUT2D eigenvalue weighted by Gasteiger charge is -2.32. The number of sulfonamides is 2. The van der Waals surface area contributed by atoms with Gasteiger partial charge in [-0.1, -0.05) is 30.7 Å². The highest BCUT2D eigenvalue weighted by molar-refractivity contribution is 7.89. The molecule has 1 saturated heterocycles. The van der Waals surface area contributed by atoms with Gasteiger partial charge in [-0.2, -0.15) is 8.61 Å². The summed E-state index contributed by atoms with van der Waals surface area (Å²) in [7, 11) is -7.29. The third-order valence-corrected chi connectivity index (χ3v) is 9.79. The number of nitrogens with zero attached hydrogens (tertiary/aromatic N) is 2. The molecule has 2 heterocycles. The maximum atomic E-state index is 13.1. The molecule has 1 atom stereocenters. The Morgan fingerprint density at radius 3 is 2.07 bits per heavy atom. The third kappa shape index (κ3) is 3.86. The zero-order valence-electron chi connectivity index (χ0n) is 16.5. The normalized spacial score (nSPS) is 21.6. The molecule has 8 heteroatoms. The van der Waals surface area contributed by atoms with Gasteiger partial charge in [0, 0.05) is 25.7 Å². The van der Waals surface area contributed by atoms with Crippen LogP contribution in [0.15, 0.2) is 58.3 Å². The van der Waals surface area contributed by atoms with Gasteiger partial charge in [-0.25, -0.2) is 16.8 Å². The van der Waals surface area contributed by atoms with Crippen molar-refractivity contribution in [3.63, 3.8) is 0 Å². The lowest BCUT2D eigenvalue weighted by atomic mass is 10.0. The van der Waals surface area contributed by atoms with E-state index in [2.05, 4.69) is 0 Å². The predicted molar refractivity (Wildman–Crippen MR) is 111 cm³/mol. The van der Waals surface area contributed by atoms with Crippen LogP contribution in [0.25, 0.3) is 0 Å². The van der Waals surface area contributed by atoms with Crippen LogP contribution in [-0.2, 0) is 33.0 Å². The Labute approximate surface area is 173 Å². The number of rotatable bonds is 4. The average Bonchev–Trinajstić information content (AvgIpc) is 2.73. The van der Waals surface area contributed by atoms with Crippen molar-refractivity contribution in [2.75, 3.05) is 13.1 Å². The van der Waals surface area contributed by atoms with Gasteiger partial charge in [0.25, 0.3) is 0 Å². The van der Waals surface area contributed by atoms with E-state index in [1.54, 1.807) is 0 Å². The molecule has 0 aromatic heterocycles. The van der Waals surface area contributed by atoms with Crippen LogP contribution < -0.4 is 0 Å². The molecule has 0 bridgehead atoms. The van der Waals surface area contributed by atoms with Crippen LogP contribution >= 0.6 is 0 Å². The van der Waals surface area contributed by atoms with Gasteiger partial charge in [0.15, 0.2) is 0 Å². The molecule has 0 N–H and O–H groups in total. The lowest BCUT2D eigenvalue weighted by Crippen LogP contribution is -2.41. The summed E-state index contributed by atoms with van der Waals surface area (Å²) < 4.78 is 55.1. The molecule has 156 valence electrons. The molecule has 0 aliphatic carbocycles. The van der Waals surface area contributed by atoms with Gasteiger partial charge in [-0.3, -0.25) is 0 Å². The Morgan fingerprint density at radius 2 is 1.41 bits per heavy atom. The summed E-state index contributed by atoms with van der Waals surface area (Å²) in [5, 5.41) is 0. The van der Waals surface area contributed by atoms with E-state index in [4.69, 9.17) is 0 Å². The first kappa shape index (κ1) is 20.5. The number of hydrogen-bond donors (Lipinski definition) is 0. The molecular weight excluding hydrogens is 408 g/mol. The molecule has 1 fully saturated rings. The van der Waals surface area contributed by atoms with Gasteiger partial charge < -0.3 is 0 Å². The average molecular weight is 435 g/mol. The fourth-order valence-corrected chi connectivity index (χ4v) is 7.29. The first-order valence-electron chi connectivity index (χ1n) is 9.99. The Morgan fingerprint density at radius 1 is 0.793 bits per heavy atom. The molecule has 29 heavy (non-hydrogen) atoms. The van der Waals surface area contributed by atoms with E-state index >= 15 is 0 Å². The summed E-state index contributed by atoms with van der Waals surface area (Å²) in [5.41, 5.74) is 2.19. The van der Waals surface area contributed by atoms with Crippen molar-refractivity contribution in [2.45, 2.75) is 55.0 Å². The summed E-state index contributed by atoms with van der Waals surface area (Å²) in [5.74, 6) is 0. The highest BCUT2D eigenvalue weighted by atomic mass is 32.2. The zero-order valence-corrected chi connectivity index (χ0v) is 18.1. The smallest absolute Gasteiger partial charge is 0.207 e. The van der Waals surface area contributed by atoms with E-state index in [9.17, 15) is 16.8 Å². The Hall–Kier alpha value is -1.74. The Balaban J connectivity index is 1.57. The maximum absolute atomic E-state index is 13.1. The van der Waals surface area contributed by atoms with Crippen molar-refractivity contribution in [2.24, 2.45) is 0 Å². The van der Waals surface area contributed by atoms with E-state index < -0.39 is 20.0 Å². The van der Waals surface area contributed by atoms with Crippen LogP contribution in [0, 0.1) is 0 Å². The topological polar surface area (TPSA) is 74.8 Å². The van der Waals surface area contributed by atoms with Gasteiger partial charge >= 0.3 is 0 Å². The van der Waals surface area contributed by atoms with Gasteiger partial charge in [0.2, 0.25) is 20.0 Å². The molecule has 0 amide bonds. The molecular formula is C21H26N2O4S2. The van der Waals surface area contributed by atoms with Crippen molar-refractivity contribution >= 4 is 20.0 Å². The van der Waals surface area contributed by atoms with Crippen molar-refractivity contribution in [3.8, 4) is 0 Å². The minimum absolute atomic E-state index is 0.0365. The second-order valence-electron chi connectivity index (χ2n) is 7.79. The molecule has 0 saturated carbocycles.